The third-order valence-corrected chi connectivity index (χ3v) is 4.01. The minimum absolute atomic E-state index is 0.210. The molecule has 1 aliphatic heterocycles. The van der Waals surface area contributed by atoms with E-state index in [1.807, 2.05) is 25.5 Å². The van der Waals surface area contributed by atoms with Gasteiger partial charge in [-0.1, -0.05) is 5.21 Å². The maximum absolute atomic E-state index is 12.0. The van der Waals surface area contributed by atoms with Gasteiger partial charge < -0.3 is 9.64 Å². The molecule has 2 fully saturated rings. The number of ether oxygens (including phenoxy) is 1. The van der Waals surface area contributed by atoms with Crippen LogP contribution in [0.3, 0.4) is 0 Å². The zero-order valence-electron chi connectivity index (χ0n) is 13.1. The van der Waals surface area contributed by atoms with Crippen molar-refractivity contribution in [2.45, 2.75) is 64.0 Å². The Labute approximate surface area is 125 Å². The molecule has 6 heteroatoms. The first-order valence-corrected chi connectivity index (χ1v) is 7.82. The van der Waals surface area contributed by atoms with Crippen LogP contribution in [0, 0.1) is 0 Å². The summed E-state index contributed by atoms with van der Waals surface area (Å²) in [5.74, 6) is 0.639. The molecule has 0 aromatic carbocycles. The molecule has 1 saturated carbocycles. The second-order valence-corrected chi connectivity index (χ2v) is 7.10. The Hall–Kier alpha value is -1.59. The topological polar surface area (TPSA) is 60.2 Å². The van der Waals surface area contributed by atoms with Crippen molar-refractivity contribution < 1.29 is 9.53 Å². The van der Waals surface area contributed by atoms with Gasteiger partial charge in [0, 0.05) is 25.2 Å². The van der Waals surface area contributed by atoms with Gasteiger partial charge in [0.05, 0.1) is 11.7 Å². The second kappa shape index (κ2) is 5.31. The van der Waals surface area contributed by atoms with Crippen molar-refractivity contribution in [2.24, 2.45) is 0 Å². The van der Waals surface area contributed by atoms with Gasteiger partial charge in [0.2, 0.25) is 0 Å². The normalized spacial score (nSPS) is 20.6. The van der Waals surface area contributed by atoms with E-state index in [9.17, 15) is 4.79 Å². The molecule has 3 rings (SSSR count). The van der Waals surface area contributed by atoms with Crippen LogP contribution in [0.25, 0.3) is 0 Å². The lowest BCUT2D eigenvalue weighted by atomic mass is 10.1. The van der Waals surface area contributed by atoms with Crippen molar-refractivity contribution in [3.63, 3.8) is 0 Å². The Bertz CT molecular complexity index is 508. The van der Waals surface area contributed by atoms with Crippen LogP contribution in [0.1, 0.15) is 64.1 Å². The Morgan fingerprint density at radius 2 is 1.90 bits per heavy atom. The molecule has 2 aliphatic rings. The van der Waals surface area contributed by atoms with Crippen molar-refractivity contribution >= 4 is 6.09 Å². The number of rotatable bonds is 2. The Morgan fingerprint density at radius 3 is 2.48 bits per heavy atom. The SMILES string of the molecule is CC(C)(C)OC(=O)N1CCC(n2cc(C3CC3)nn2)CC1. The first kappa shape index (κ1) is 14.4. The van der Waals surface area contributed by atoms with Gasteiger partial charge in [0.25, 0.3) is 0 Å². The fourth-order valence-electron chi connectivity index (χ4n) is 2.67. The van der Waals surface area contributed by atoms with Gasteiger partial charge in [-0.2, -0.15) is 0 Å². The van der Waals surface area contributed by atoms with Crippen molar-refractivity contribution in [3.8, 4) is 0 Å². The standard InChI is InChI=1S/C15H24N4O2/c1-15(2,3)21-14(20)18-8-6-12(7-9-18)19-10-13(16-17-19)11-4-5-11/h10-12H,4-9H2,1-3H3. The minimum Gasteiger partial charge on any atom is -0.444 e. The summed E-state index contributed by atoms with van der Waals surface area (Å²) in [6, 6.07) is 0.351. The molecular formula is C15H24N4O2. The van der Waals surface area contributed by atoms with E-state index in [0.29, 0.717) is 12.0 Å². The summed E-state index contributed by atoms with van der Waals surface area (Å²) in [4.78, 5) is 13.8. The van der Waals surface area contributed by atoms with E-state index in [-0.39, 0.29) is 6.09 Å². The average molecular weight is 292 g/mol. The summed E-state index contributed by atoms with van der Waals surface area (Å²) in [5, 5.41) is 8.53. The molecule has 116 valence electrons. The lowest BCUT2D eigenvalue weighted by molar-refractivity contribution is 0.0184. The lowest BCUT2D eigenvalue weighted by Crippen LogP contribution is -2.42. The predicted molar refractivity (Wildman–Crippen MR) is 78.1 cm³/mol. The van der Waals surface area contributed by atoms with Gasteiger partial charge in [-0.05, 0) is 46.5 Å². The molecule has 1 aromatic rings. The maximum Gasteiger partial charge on any atom is 0.410 e. The highest BCUT2D eigenvalue weighted by Crippen LogP contribution is 2.39. The zero-order chi connectivity index (χ0) is 15.0. The van der Waals surface area contributed by atoms with E-state index in [4.69, 9.17) is 4.74 Å². The fraction of sp³-hybridized carbons (Fsp3) is 0.800. The van der Waals surface area contributed by atoms with Gasteiger partial charge in [-0.15, -0.1) is 5.10 Å². The molecule has 0 unspecified atom stereocenters. The second-order valence-electron chi connectivity index (χ2n) is 7.10. The van der Waals surface area contributed by atoms with E-state index >= 15 is 0 Å². The summed E-state index contributed by atoms with van der Waals surface area (Å²) in [5.41, 5.74) is 0.698. The third kappa shape index (κ3) is 3.54. The molecule has 2 heterocycles. The number of nitrogens with zero attached hydrogens (tertiary/aromatic N) is 4. The van der Waals surface area contributed by atoms with Crippen molar-refractivity contribution in [3.05, 3.63) is 11.9 Å². The summed E-state index contributed by atoms with van der Waals surface area (Å²) in [7, 11) is 0. The van der Waals surface area contributed by atoms with Crippen LogP contribution < -0.4 is 0 Å². The highest BCUT2D eigenvalue weighted by Gasteiger charge is 2.30. The van der Waals surface area contributed by atoms with Gasteiger partial charge in [-0.3, -0.25) is 0 Å². The summed E-state index contributed by atoms with van der Waals surface area (Å²) in [6.07, 6.45) is 6.19. The molecule has 0 N–H and O–H groups in total. The van der Waals surface area contributed by atoms with Gasteiger partial charge in [0.15, 0.2) is 0 Å². The first-order chi connectivity index (χ1) is 9.92. The number of amides is 1. The monoisotopic (exact) mass is 292 g/mol. The first-order valence-electron chi connectivity index (χ1n) is 7.82. The lowest BCUT2D eigenvalue weighted by Gasteiger charge is -2.33. The van der Waals surface area contributed by atoms with Crippen LogP contribution in [0.2, 0.25) is 0 Å². The van der Waals surface area contributed by atoms with Crippen LogP contribution in [0.15, 0.2) is 6.20 Å². The van der Waals surface area contributed by atoms with E-state index in [2.05, 4.69) is 16.5 Å². The molecule has 21 heavy (non-hydrogen) atoms. The number of carbonyl (C=O) groups is 1. The maximum atomic E-state index is 12.0. The highest BCUT2D eigenvalue weighted by molar-refractivity contribution is 5.68. The fourth-order valence-corrected chi connectivity index (χ4v) is 2.67. The van der Waals surface area contributed by atoms with E-state index in [0.717, 1.165) is 31.6 Å². The highest BCUT2D eigenvalue weighted by atomic mass is 16.6. The van der Waals surface area contributed by atoms with E-state index in [1.54, 1.807) is 4.90 Å². The number of hydrogen-bond donors (Lipinski definition) is 0. The summed E-state index contributed by atoms with van der Waals surface area (Å²) >= 11 is 0. The van der Waals surface area contributed by atoms with E-state index < -0.39 is 5.60 Å². The predicted octanol–water partition coefficient (Wildman–Crippen LogP) is 2.73. The smallest absolute Gasteiger partial charge is 0.410 e. The minimum atomic E-state index is -0.432. The van der Waals surface area contributed by atoms with Crippen LogP contribution >= 0.6 is 0 Å². The molecule has 0 spiro atoms. The van der Waals surface area contributed by atoms with Crippen LogP contribution in [-0.2, 0) is 4.74 Å². The largest absolute Gasteiger partial charge is 0.444 e. The molecule has 1 amide bonds. The summed E-state index contributed by atoms with van der Waals surface area (Å²) < 4.78 is 7.40. The number of aromatic nitrogens is 3. The van der Waals surface area contributed by atoms with Gasteiger partial charge in [-0.25, -0.2) is 9.48 Å². The van der Waals surface area contributed by atoms with Crippen molar-refractivity contribution in [1.82, 2.24) is 19.9 Å². The van der Waals surface area contributed by atoms with Crippen molar-refractivity contribution in [1.29, 1.82) is 0 Å². The molecular weight excluding hydrogens is 268 g/mol. The summed E-state index contributed by atoms with van der Waals surface area (Å²) in [6.45, 7) is 7.13. The third-order valence-electron chi connectivity index (χ3n) is 4.01. The Kier molecular flexibility index (Phi) is 3.63. The molecule has 0 atom stereocenters. The Balaban J connectivity index is 1.53. The number of hydrogen-bond acceptors (Lipinski definition) is 4. The Morgan fingerprint density at radius 1 is 1.24 bits per heavy atom. The molecule has 0 bridgehead atoms. The number of likely N-dealkylation sites (tertiary alicyclic amines) is 1. The van der Waals surface area contributed by atoms with Gasteiger partial charge >= 0.3 is 6.09 Å². The number of piperidine rings is 1. The molecule has 1 aliphatic carbocycles. The van der Waals surface area contributed by atoms with Crippen LogP contribution in [0.4, 0.5) is 4.79 Å². The zero-order valence-corrected chi connectivity index (χ0v) is 13.1. The molecule has 1 aromatic heterocycles. The average Bonchev–Trinajstić information content (AvgIpc) is 3.15. The number of carbonyl (C=O) groups excluding carboxylic acids is 1. The molecule has 1 saturated heterocycles. The molecule has 0 radical (unpaired) electrons. The van der Waals surface area contributed by atoms with E-state index in [1.165, 1.54) is 12.8 Å². The van der Waals surface area contributed by atoms with Crippen LogP contribution in [0.5, 0.6) is 0 Å². The quantitative estimate of drug-likeness (QED) is 0.841. The van der Waals surface area contributed by atoms with Crippen molar-refractivity contribution in [2.75, 3.05) is 13.1 Å². The van der Waals surface area contributed by atoms with Crippen LogP contribution in [-0.4, -0.2) is 44.7 Å². The van der Waals surface area contributed by atoms with Gasteiger partial charge in [0.1, 0.15) is 5.60 Å². The molecule has 6 nitrogen and oxygen atoms in total.